The zero-order chi connectivity index (χ0) is 17.1. The standard InChI is InChI=1S/C17H15FN4OS/c1-10-5-6-13(18)14(8-10)22-16(23)15-17(24-11(2)20-15)21-12-4-3-7-19-9-12/h3-9,21H,1-2H3,(H,22,23). The molecule has 0 atom stereocenters. The van der Waals surface area contributed by atoms with E-state index in [0.29, 0.717) is 5.00 Å². The summed E-state index contributed by atoms with van der Waals surface area (Å²) in [6, 6.07) is 8.18. The van der Waals surface area contributed by atoms with E-state index < -0.39 is 11.7 Å². The van der Waals surface area contributed by atoms with Gasteiger partial charge in [0, 0.05) is 6.20 Å². The van der Waals surface area contributed by atoms with Gasteiger partial charge in [-0.3, -0.25) is 9.78 Å². The number of halogens is 1. The number of nitrogens with one attached hydrogen (secondary N) is 2. The predicted octanol–water partition coefficient (Wildman–Crippen LogP) is 4.29. The van der Waals surface area contributed by atoms with E-state index in [4.69, 9.17) is 0 Å². The lowest BCUT2D eigenvalue weighted by molar-refractivity contribution is 0.102. The first-order valence-corrected chi connectivity index (χ1v) is 8.06. The maximum absolute atomic E-state index is 13.8. The van der Waals surface area contributed by atoms with Gasteiger partial charge < -0.3 is 10.6 Å². The van der Waals surface area contributed by atoms with Crippen LogP contribution in [-0.4, -0.2) is 15.9 Å². The monoisotopic (exact) mass is 342 g/mol. The molecule has 0 fully saturated rings. The fourth-order valence-corrected chi connectivity index (χ4v) is 2.99. The van der Waals surface area contributed by atoms with Crippen LogP contribution in [-0.2, 0) is 0 Å². The molecule has 0 bridgehead atoms. The molecule has 0 saturated carbocycles. The molecule has 1 aromatic carbocycles. The van der Waals surface area contributed by atoms with Crippen molar-refractivity contribution < 1.29 is 9.18 Å². The van der Waals surface area contributed by atoms with Gasteiger partial charge in [0.15, 0.2) is 5.69 Å². The fraction of sp³-hybridized carbons (Fsp3) is 0.118. The molecule has 2 heterocycles. The maximum atomic E-state index is 13.8. The third-order valence-corrected chi connectivity index (χ3v) is 4.12. The summed E-state index contributed by atoms with van der Waals surface area (Å²) in [6.45, 7) is 3.64. The molecule has 2 aromatic heterocycles. The van der Waals surface area contributed by atoms with Gasteiger partial charge in [-0.15, -0.1) is 11.3 Å². The third kappa shape index (κ3) is 3.57. The molecule has 0 aliphatic carbocycles. The summed E-state index contributed by atoms with van der Waals surface area (Å²) in [5, 5.41) is 7.03. The zero-order valence-electron chi connectivity index (χ0n) is 13.1. The summed E-state index contributed by atoms with van der Waals surface area (Å²) < 4.78 is 13.8. The van der Waals surface area contributed by atoms with Gasteiger partial charge >= 0.3 is 0 Å². The average molecular weight is 342 g/mol. The summed E-state index contributed by atoms with van der Waals surface area (Å²) >= 11 is 1.35. The van der Waals surface area contributed by atoms with Gasteiger partial charge in [-0.25, -0.2) is 9.37 Å². The van der Waals surface area contributed by atoms with Crippen molar-refractivity contribution in [2.24, 2.45) is 0 Å². The Morgan fingerprint density at radius 3 is 2.83 bits per heavy atom. The molecule has 3 rings (SSSR count). The number of aromatic nitrogens is 2. The Bertz CT molecular complexity index is 880. The summed E-state index contributed by atoms with van der Waals surface area (Å²) in [7, 11) is 0. The van der Waals surface area contributed by atoms with E-state index in [1.807, 2.05) is 19.9 Å². The molecule has 0 aliphatic heterocycles. The highest BCUT2D eigenvalue weighted by atomic mass is 32.1. The minimum Gasteiger partial charge on any atom is -0.344 e. The zero-order valence-corrected chi connectivity index (χ0v) is 13.9. The third-order valence-electron chi connectivity index (χ3n) is 3.24. The van der Waals surface area contributed by atoms with E-state index in [-0.39, 0.29) is 11.4 Å². The first kappa shape index (κ1) is 16.1. The van der Waals surface area contributed by atoms with E-state index in [0.717, 1.165) is 16.3 Å². The number of anilines is 3. The van der Waals surface area contributed by atoms with Crippen molar-refractivity contribution in [3.8, 4) is 0 Å². The molecule has 0 spiro atoms. The highest BCUT2D eigenvalue weighted by Gasteiger charge is 2.18. The number of carbonyl (C=O) groups is 1. The van der Waals surface area contributed by atoms with E-state index in [1.54, 1.807) is 30.6 Å². The van der Waals surface area contributed by atoms with E-state index in [2.05, 4.69) is 20.6 Å². The summed E-state index contributed by atoms with van der Waals surface area (Å²) in [5.74, 6) is -0.946. The molecule has 24 heavy (non-hydrogen) atoms. The van der Waals surface area contributed by atoms with Gasteiger partial charge in [0.05, 0.1) is 22.6 Å². The fourth-order valence-electron chi connectivity index (χ4n) is 2.15. The molecule has 0 aliphatic rings. The number of pyridine rings is 1. The Morgan fingerprint density at radius 2 is 2.08 bits per heavy atom. The number of carbonyl (C=O) groups excluding carboxylic acids is 1. The molecule has 0 unspecified atom stereocenters. The Morgan fingerprint density at radius 1 is 1.25 bits per heavy atom. The second-order valence-corrected chi connectivity index (χ2v) is 6.42. The highest BCUT2D eigenvalue weighted by molar-refractivity contribution is 7.16. The minimum atomic E-state index is -0.484. The predicted molar refractivity (Wildman–Crippen MR) is 93.5 cm³/mol. The van der Waals surface area contributed by atoms with Crippen molar-refractivity contribution in [1.29, 1.82) is 0 Å². The van der Waals surface area contributed by atoms with Crippen molar-refractivity contribution in [3.63, 3.8) is 0 Å². The van der Waals surface area contributed by atoms with E-state index in [1.165, 1.54) is 17.4 Å². The SMILES string of the molecule is Cc1ccc(F)c(NC(=O)c2nc(C)sc2Nc2cccnc2)c1. The lowest BCUT2D eigenvalue weighted by atomic mass is 10.2. The van der Waals surface area contributed by atoms with Crippen LogP contribution in [0, 0.1) is 19.7 Å². The number of amides is 1. The van der Waals surface area contributed by atoms with Crippen molar-refractivity contribution in [2.75, 3.05) is 10.6 Å². The van der Waals surface area contributed by atoms with Crippen LogP contribution in [0.4, 0.5) is 20.8 Å². The minimum absolute atomic E-state index is 0.137. The Hall–Kier alpha value is -2.80. The van der Waals surface area contributed by atoms with Crippen molar-refractivity contribution in [3.05, 3.63) is 64.8 Å². The molecule has 3 aromatic rings. The van der Waals surface area contributed by atoms with Gasteiger partial charge in [0.25, 0.3) is 5.91 Å². The van der Waals surface area contributed by atoms with Crippen molar-refractivity contribution >= 4 is 33.6 Å². The second-order valence-electron chi connectivity index (χ2n) is 5.21. The summed E-state index contributed by atoms with van der Waals surface area (Å²) in [6.07, 6.45) is 3.31. The lowest BCUT2D eigenvalue weighted by Crippen LogP contribution is -2.15. The first-order valence-electron chi connectivity index (χ1n) is 7.25. The Balaban J connectivity index is 1.86. The Kier molecular flexibility index (Phi) is 4.52. The van der Waals surface area contributed by atoms with Crippen molar-refractivity contribution in [1.82, 2.24) is 9.97 Å². The quantitative estimate of drug-likeness (QED) is 0.742. The highest BCUT2D eigenvalue weighted by Crippen LogP contribution is 2.28. The molecule has 1 amide bonds. The van der Waals surface area contributed by atoms with Crippen LogP contribution < -0.4 is 10.6 Å². The van der Waals surface area contributed by atoms with Crippen LogP contribution in [0.25, 0.3) is 0 Å². The molecule has 122 valence electrons. The maximum Gasteiger partial charge on any atom is 0.277 e. The van der Waals surface area contributed by atoms with Crippen LogP contribution in [0.15, 0.2) is 42.7 Å². The lowest BCUT2D eigenvalue weighted by Gasteiger charge is -2.08. The molecule has 5 nitrogen and oxygen atoms in total. The Labute approximate surface area is 142 Å². The largest absolute Gasteiger partial charge is 0.344 e. The molecule has 0 radical (unpaired) electrons. The normalized spacial score (nSPS) is 10.5. The van der Waals surface area contributed by atoms with E-state index >= 15 is 0 Å². The van der Waals surface area contributed by atoms with Gasteiger partial charge in [-0.05, 0) is 43.7 Å². The number of rotatable bonds is 4. The van der Waals surface area contributed by atoms with Crippen LogP contribution in [0.1, 0.15) is 21.1 Å². The second kappa shape index (κ2) is 6.76. The molecular weight excluding hydrogens is 327 g/mol. The summed E-state index contributed by atoms with van der Waals surface area (Å²) in [4.78, 5) is 20.8. The number of hydrogen-bond acceptors (Lipinski definition) is 5. The molecule has 7 heteroatoms. The van der Waals surface area contributed by atoms with Crippen LogP contribution in [0.3, 0.4) is 0 Å². The summed E-state index contributed by atoms with van der Waals surface area (Å²) in [5.41, 5.74) is 1.96. The van der Waals surface area contributed by atoms with Crippen molar-refractivity contribution in [2.45, 2.75) is 13.8 Å². The number of nitrogens with zero attached hydrogens (tertiary/aromatic N) is 2. The van der Waals surface area contributed by atoms with Gasteiger partial charge in [-0.2, -0.15) is 0 Å². The number of benzene rings is 1. The van der Waals surface area contributed by atoms with Crippen LogP contribution in [0.5, 0.6) is 0 Å². The van der Waals surface area contributed by atoms with Crippen LogP contribution >= 0.6 is 11.3 Å². The topological polar surface area (TPSA) is 66.9 Å². The number of thiazole rings is 1. The van der Waals surface area contributed by atoms with Crippen LogP contribution in [0.2, 0.25) is 0 Å². The molecule has 2 N–H and O–H groups in total. The number of hydrogen-bond donors (Lipinski definition) is 2. The van der Waals surface area contributed by atoms with Gasteiger partial charge in [-0.1, -0.05) is 6.07 Å². The van der Waals surface area contributed by atoms with Gasteiger partial charge in [0.2, 0.25) is 0 Å². The first-order chi connectivity index (χ1) is 11.5. The van der Waals surface area contributed by atoms with E-state index in [9.17, 15) is 9.18 Å². The molecule has 0 saturated heterocycles. The average Bonchev–Trinajstić information content (AvgIpc) is 2.92. The van der Waals surface area contributed by atoms with Gasteiger partial charge in [0.1, 0.15) is 10.8 Å². The number of aryl methyl sites for hydroxylation is 2. The molecular formula is C17H15FN4OS. The smallest absolute Gasteiger partial charge is 0.277 e.